The summed E-state index contributed by atoms with van der Waals surface area (Å²) in [5.74, 6) is -1.16. The van der Waals surface area contributed by atoms with Crippen LogP contribution in [0.2, 0.25) is 0 Å². The van der Waals surface area contributed by atoms with Gasteiger partial charge in [-0.25, -0.2) is 4.79 Å². The molecule has 0 bridgehead atoms. The van der Waals surface area contributed by atoms with Gasteiger partial charge in [-0.3, -0.25) is 14.9 Å². The first-order chi connectivity index (χ1) is 11.8. The summed E-state index contributed by atoms with van der Waals surface area (Å²) in [7, 11) is 3.40. The van der Waals surface area contributed by atoms with Crippen molar-refractivity contribution in [1.29, 1.82) is 0 Å². The molecule has 7 nitrogen and oxygen atoms in total. The van der Waals surface area contributed by atoms with Gasteiger partial charge in [0.15, 0.2) is 12.4 Å². The zero-order chi connectivity index (χ0) is 18.6. The number of ketones is 1. The number of nitrogens with zero attached hydrogens (tertiary/aromatic N) is 2. The third-order valence-electron chi connectivity index (χ3n) is 3.39. The van der Waals surface area contributed by atoms with Crippen molar-refractivity contribution in [3.05, 3.63) is 68.2 Å². The van der Waals surface area contributed by atoms with E-state index in [1.165, 1.54) is 12.1 Å². The number of benzene rings is 2. The lowest BCUT2D eigenvalue weighted by molar-refractivity contribution is -0.384. The molecule has 0 aliphatic carbocycles. The number of ether oxygens (including phenoxy) is 1. The van der Waals surface area contributed by atoms with Gasteiger partial charge >= 0.3 is 5.97 Å². The predicted octanol–water partition coefficient (Wildman–Crippen LogP) is 3.46. The maximum Gasteiger partial charge on any atom is 0.340 e. The highest BCUT2D eigenvalue weighted by Gasteiger charge is 2.20. The predicted molar refractivity (Wildman–Crippen MR) is 96.2 cm³/mol. The summed E-state index contributed by atoms with van der Waals surface area (Å²) in [6.45, 7) is -0.448. The van der Waals surface area contributed by atoms with Crippen LogP contribution in [0.15, 0.2) is 46.9 Å². The van der Waals surface area contributed by atoms with Gasteiger partial charge in [0.2, 0.25) is 0 Å². The van der Waals surface area contributed by atoms with Crippen LogP contribution in [0.4, 0.5) is 11.4 Å². The van der Waals surface area contributed by atoms with Crippen LogP contribution in [0.3, 0.4) is 0 Å². The van der Waals surface area contributed by atoms with Crippen molar-refractivity contribution in [3.63, 3.8) is 0 Å². The second-order valence-electron chi connectivity index (χ2n) is 5.36. The number of carbonyl (C=O) groups excluding carboxylic acids is 2. The van der Waals surface area contributed by atoms with E-state index in [-0.39, 0.29) is 17.0 Å². The first kappa shape index (κ1) is 18.6. The van der Waals surface area contributed by atoms with Crippen molar-refractivity contribution in [3.8, 4) is 0 Å². The quantitative estimate of drug-likeness (QED) is 0.315. The monoisotopic (exact) mass is 406 g/mol. The van der Waals surface area contributed by atoms with Crippen molar-refractivity contribution in [1.82, 2.24) is 0 Å². The van der Waals surface area contributed by atoms with Crippen molar-refractivity contribution in [2.45, 2.75) is 0 Å². The Bertz CT molecular complexity index is 818. The fraction of sp³-hybridized carbons (Fsp3) is 0.176. The lowest BCUT2D eigenvalue weighted by Crippen LogP contribution is -2.18. The minimum Gasteiger partial charge on any atom is -0.454 e. The number of esters is 1. The summed E-state index contributed by atoms with van der Waals surface area (Å²) < 4.78 is 5.88. The number of non-ortho nitro benzene ring substituents is 1. The van der Waals surface area contributed by atoms with Gasteiger partial charge in [0.1, 0.15) is 0 Å². The molecule has 0 aromatic heterocycles. The van der Waals surface area contributed by atoms with Crippen LogP contribution in [0.5, 0.6) is 0 Å². The molecule has 0 unspecified atom stereocenters. The molecular weight excluding hydrogens is 392 g/mol. The Hall–Kier alpha value is -2.74. The van der Waals surface area contributed by atoms with Crippen molar-refractivity contribution < 1.29 is 19.2 Å². The van der Waals surface area contributed by atoms with Gasteiger partial charge in [0.25, 0.3) is 5.69 Å². The summed E-state index contributed by atoms with van der Waals surface area (Å²) >= 11 is 3.27. The smallest absolute Gasteiger partial charge is 0.340 e. The molecule has 0 atom stereocenters. The van der Waals surface area contributed by atoms with Crippen LogP contribution in [-0.4, -0.2) is 37.4 Å². The largest absolute Gasteiger partial charge is 0.454 e. The number of Topliss-reactive ketones (excluding diaryl/α,β-unsaturated/α-hetero) is 1. The molecule has 0 heterocycles. The van der Waals surface area contributed by atoms with Crippen LogP contribution >= 0.6 is 15.9 Å². The summed E-state index contributed by atoms with van der Waals surface area (Å²) in [5.41, 5.74) is 0.675. The van der Waals surface area contributed by atoms with Crippen LogP contribution in [-0.2, 0) is 4.74 Å². The van der Waals surface area contributed by atoms with E-state index in [0.29, 0.717) is 11.3 Å². The van der Waals surface area contributed by atoms with Crippen LogP contribution in [0.1, 0.15) is 20.7 Å². The summed E-state index contributed by atoms with van der Waals surface area (Å²) in [6.07, 6.45) is 0. The number of hydrogen-bond acceptors (Lipinski definition) is 6. The fourth-order valence-corrected chi connectivity index (χ4v) is 2.38. The molecule has 0 aliphatic rings. The highest BCUT2D eigenvalue weighted by atomic mass is 79.9. The van der Waals surface area contributed by atoms with E-state index in [2.05, 4.69) is 15.9 Å². The number of anilines is 1. The van der Waals surface area contributed by atoms with E-state index in [0.717, 1.165) is 10.5 Å². The van der Waals surface area contributed by atoms with Gasteiger partial charge in [0.05, 0.1) is 16.2 Å². The zero-order valence-electron chi connectivity index (χ0n) is 13.6. The van der Waals surface area contributed by atoms with Gasteiger partial charge in [-0.2, -0.15) is 0 Å². The Morgan fingerprint density at radius 2 is 1.80 bits per heavy atom. The number of carbonyl (C=O) groups is 2. The van der Waals surface area contributed by atoms with E-state index in [4.69, 9.17) is 4.74 Å². The molecule has 25 heavy (non-hydrogen) atoms. The maximum atomic E-state index is 12.3. The number of rotatable bonds is 6. The highest BCUT2D eigenvalue weighted by Crippen LogP contribution is 2.25. The van der Waals surface area contributed by atoms with Gasteiger partial charge in [-0.15, -0.1) is 0 Å². The number of hydrogen-bond donors (Lipinski definition) is 0. The van der Waals surface area contributed by atoms with Crippen molar-refractivity contribution in [2.75, 3.05) is 25.6 Å². The summed E-state index contributed by atoms with van der Waals surface area (Å²) in [5, 5.41) is 10.9. The molecule has 0 aliphatic heterocycles. The molecule has 0 N–H and O–H groups in total. The highest BCUT2D eigenvalue weighted by molar-refractivity contribution is 9.10. The first-order valence-electron chi connectivity index (χ1n) is 7.21. The van der Waals surface area contributed by atoms with Crippen molar-refractivity contribution in [2.24, 2.45) is 0 Å². The topological polar surface area (TPSA) is 89.8 Å². The van der Waals surface area contributed by atoms with Gasteiger partial charge in [-0.1, -0.05) is 28.1 Å². The van der Waals surface area contributed by atoms with Gasteiger partial charge in [-0.05, 0) is 18.2 Å². The van der Waals surface area contributed by atoms with Gasteiger partial charge < -0.3 is 9.64 Å². The minimum atomic E-state index is -0.794. The Balaban J connectivity index is 2.16. The van der Waals surface area contributed by atoms with E-state index in [9.17, 15) is 19.7 Å². The molecule has 0 fully saturated rings. The fourth-order valence-electron chi connectivity index (χ4n) is 2.12. The third-order valence-corrected chi connectivity index (χ3v) is 3.92. The maximum absolute atomic E-state index is 12.3. The minimum absolute atomic E-state index is 0.0304. The zero-order valence-corrected chi connectivity index (χ0v) is 15.1. The molecule has 0 saturated carbocycles. The Morgan fingerprint density at radius 1 is 1.16 bits per heavy atom. The van der Waals surface area contributed by atoms with Crippen LogP contribution in [0.25, 0.3) is 0 Å². The third kappa shape index (κ3) is 4.63. The summed E-state index contributed by atoms with van der Waals surface area (Å²) in [6, 6.07) is 10.5. The van der Waals surface area contributed by atoms with Crippen LogP contribution in [0, 0.1) is 10.1 Å². The van der Waals surface area contributed by atoms with E-state index in [1.807, 2.05) is 0 Å². The molecule has 0 radical (unpaired) electrons. The molecule has 0 saturated heterocycles. The van der Waals surface area contributed by atoms with Crippen LogP contribution < -0.4 is 4.90 Å². The Morgan fingerprint density at radius 3 is 2.36 bits per heavy atom. The molecule has 2 rings (SSSR count). The van der Waals surface area contributed by atoms with Gasteiger partial charge in [0, 0.05) is 36.3 Å². The number of halogens is 1. The Kier molecular flexibility index (Phi) is 5.87. The lowest BCUT2D eigenvalue weighted by atomic mass is 10.1. The summed E-state index contributed by atoms with van der Waals surface area (Å²) in [4.78, 5) is 36.3. The molecule has 130 valence electrons. The first-order valence-corrected chi connectivity index (χ1v) is 8.00. The Labute approximate surface area is 152 Å². The molecule has 8 heteroatoms. The SMILES string of the molecule is CN(C)c1ccc([N+](=O)[O-])cc1C(=O)OCC(=O)c1ccc(Br)cc1. The molecule has 2 aromatic rings. The molecule has 0 spiro atoms. The molecule has 0 amide bonds. The average molecular weight is 407 g/mol. The van der Waals surface area contributed by atoms with E-state index < -0.39 is 17.5 Å². The van der Waals surface area contributed by atoms with E-state index >= 15 is 0 Å². The normalized spacial score (nSPS) is 10.2. The number of nitro groups is 1. The number of nitro benzene ring substituents is 1. The lowest BCUT2D eigenvalue weighted by Gasteiger charge is -2.16. The molecule has 2 aromatic carbocycles. The molecular formula is C17H15BrN2O5. The second-order valence-corrected chi connectivity index (χ2v) is 6.27. The second kappa shape index (κ2) is 7.89. The standard InChI is InChI=1S/C17H15BrN2O5/c1-19(2)15-8-7-13(20(23)24)9-14(15)17(22)25-10-16(21)11-3-5-12(18)6-4-11/h3-9H,10H2,1-2H3. The average Bonchev–Trinajstić information content (AvgIpc) is 2.59. The van der Waals surface area contributed by atoms with Crippen molar-refractivity contribution >= 4 is 39.1 Å². The van der Waals surface area contributed by atoms with E-state index in [1.54, 1.807) is 43.3 Å².